The molecule has 0 saturated heterocycles. The lowest BCUT2D eigenvalue weighted by Gasteiger charge is -2.10. The van der Waals surface area contributed by atoms with Crippen LogP contribution in [-0.2, 0) is 14.6 Å². The smallest absolute Gasteiger partial charge is 0.255 e. The van der Waals surface area contributed by atoms with Gasteiger partial charge in [0.25, 0.3) is 5.79 Å². The minimum absolute atomic E-state index is 0.247. The van der Waals surface area contributed by atoms with Crippen LogP contribution in [-0.4, -0.2) is 18.7 Å². The molecule has 0 amide bonds. The molecule has 0 heterocycles. The standard InChI is InChI=1S/C5H9O3/c1-3-8-5(2,7)4-6/h4H,3H2,1-2H3. The maximum atomic E-state index is 10.5. The molecule has 8 heavy (non-hydrogen) atoms. The number of hydrogen-bond donors (Lipinski definition) is 0. The molecule has 1 atom stereocenters. The summed E-state index contributed by atoms with van der Waals surface area (Å²) in [7, 11) is 0. The molecule has 3 nitrogen and oxygen atoms in total. The molecule has 0 aliphatic heterocycles. The van der Waals surface area contributed by atoms with Crippen molar-refractivity contribution in [3.05, 3.63) is 0 Å². The maximum absolute atomic E-state index is 10.5. The molecule has 0 aliphatic carbocycles. The fourth-order valence-corrected chi connectivity index (χ4v) is 0.321. The minimum Gasteiger partial charge on any atom is -0.342 e. The van der Waals surface area contributed by atoms with Crippen LogP contribution in [0, 0.1) is 0 Å². The van der Waals surface area contributed by atoms with Crippen LogP contribution in [0.5, 0.6) is 0 Å². The number of carbonyl (C=O) groups is 1. The first-order valence-corrected chi connectivity index (χ1v) is 2.43. The normalized spacial score (nSPS) is 17.4. The van der Waals surface area contributed by atoms with Gasteiger partial charge in [0.05, 0.1) is 0 Å². The SMILES string of the molecule is CCOC(C)([O])C=O. The Morgan fingerprint density at radius 2 is 2.25 bits per heavy atom. The monoisotopic (exact) mass is 117 g/mol. The Balaban J connectivity index is 3.53. The highest BCUT2D eigenvalue weighted by atomic mass is 16.6. The van der Waals surface area contributed by atoms with Crippen molar-refractivity contribution >= 4 is 6.29 Å². The first-order valence-electron chi connectivity index (χ1n) is 2.43. The van der Waals surface area contributed by atoms with E-state index in [2.05, 4.69) is 4.74 Å². The van der Waals surface area contributed by atoms with Crippen LogP contribution < -0.4 is 0 Å². The molecule has 1 radical (unpaired) electrons. The third kappa shape index (κ3) is 2.71. The Bertz CT molecular complexity index is 77.7. The average Bonchev–Trinajstić information content (AvgIpc) is 1.67. The second-order valence-corrected chi connectivity index (χ2v) is 1.57. The summed E-state index contributed by atoms with van der Waals surface area (Å²) in [4.78, 5) is 9.78. The summed E-state index contributed by atoms with van der Waals surface area (Å²) >= 11 is 0. The van der Waals surface area contributed by atoms with Crippen molar-refractivity contribution in [2.24, 2.45) is 0 Å². The quantitative estimate of drug-likeness (QED) is 0.396. The summed E-state index contributed by atoms with van der Waals surface area (Å²) < 4.78 is 4.45. The van der Waals surface area contributed by atoms with Crippen molar-refractivity contribution in [3.63, 3.8) is 0 Å². The van der Waals surface area contributed by atoms with Crippen molar-refractivity contribution in [2.75, 3.05) is 6.61 Å². The van der Waals surface area contributed by atoms with Gasteiger partial charge in [-0.3, -0.25) is 4.79 Å². The molecule has 0 spiro atoms. The van der Waals surface area contributed by atoms with Crippen molar-refractivity contribution in [1.82, 2.24) is 0 Å². The first kappa shape index (κ1) is 7.59. The Labute approximate surface area is 48.3 Å². The summed E-state index contributed by atoms with van der Waals surface area (Å²) in [6, 6.07) is 0. The lowest BCUT2D eigenvalue weighted by molar-refractivity contribution is -0.209. The molecule has 0 N–H and O–H groups in total. The topological polar surface area (TPSA) is 46.2 Å². The Hall–Kier alpha value is -0.410. The summed E-state index contributed by atoms with van der Waals surface area (Å²) in [5.74, 6) is -1.84. The van der Waals surface area contributed by atoms with Crippen LogP contribution in [0.3, 0.4) is 0 Å². The Kier molecular flexibility index (Phi) is 2.65. The second-order valence-electron chi connectivity index (χ2n) is 1.57. The van der Waals surface area contributed by atoms with Gasteiger partial charge in [-0.2, -0.15) is 5.11 Å². The van der Waals surface area contributed by atoms with E-state index in [0.29, 0.717) is 0 Å². The third-order valence-electron chi connectivity index (χ3n) is 0.645. The number of rotatable bonds is 3. The van der Waals surface area contributed by atoms with E-state index in [1.54, 1.807) is 6.92 Å². The molecule has 0 aliphatic rings. The van der Waals surface area contributed by atoms with E-state index >= 15 is 0 Å². The van der Waals surface area contributed by atoms with Gasteiger partial charge < -0.3 is 4.74 Å². The van der Waals surface area contributed by atoms with Gasteiger partial charge in [-0.05, 0) is 13.8 Å². The highest BCUT2D eigenvalue weighted by Gasteiger charge is 2.20. The number of hydrogen-bond acceptors (Lipinski definition) is 2. The molecular formula is C5H9O3. The molecule has 0 aromatic heterocycles. The van der Waals surface area contributed by atoms with Crippen LogP contribution in [0.15, 0.2) is 0 Å². The van der Waals surface area contributed by atoms with Crippen LogP contribution in [0.25, 0.3) is 0 Å². The molecule has 0 aromatic rings. The number of aldehydes is 1. The summed E-state index contributed by atoms with van der Waals surface area (Å²) in [6.07, 6.45) is 0.247. The summed E-state index contributed by atoms with van der Waals surface area (Å²) in [6.45, 7) is 3.13. The van der Waals surface area contributed by atoms with Crippen LogP contribution in [0.2, 0.25) is 0 Å². The van der Waals surface area contributed by atoms with E-state index in [1.165, 1.54) is 6.92 Å². The largest absolute Gasteiger partial charge is 0.342 e. The molecule has 0 saturated carbocycles. The third-order valence-corrected chi connectivity index (χ3v) is 0.645. The molecule has 0 fully saturated rings. The van der Waals surface area contributed by atoms with E-state index in [4.69, 9.17) is 0 Å². The van der Waals surface area contributed by atoms with Crippen molar-refractivity contribution < 1.29 is 14.6 Å². The number of carbonyl (C=O) groups excluding carboxylic acids is 1. The molecule has 47 valence electrons. The molecule has 0 rings (SSSR count). The van der Waals surface area contributed by atoms with Gasteiger partial charge in [0.2, 0.25) is 0 Å². The van der Waals surface area contributed by atoms with E-state index in [0.717, 1.165) is 0 Å². The lowest BCUT2D eigenvalue weighted by Crippen LogP contribution is -2.27. The van der Waals surface area contributed by atoms with E-state index in [1.807, 2.05) is 0 Å². The number of ether oxygens (including phenoxy) is 1. The van der Waals surface area contributed by atoms with Crippen LogP contribution >= 0.6 is 0 Å². The fraction of sp³-hybridized carbons (Fsp3) is 0.800. The summed E-state index contributed by atoms with van der Waals surface area (Å²) in [5.41, 5.74) is 0. The second kappa shape index (κ2) is 2.79. The highest BCUT2D eigenvalue weighted by molar-refractivity contribution is 5.58. The molecule has 1 unspecified atom stereocenters. The van der Waals surface area contributed by atoms with Gasteiger partial charge in [0.15, 0.2) is 6.29 Å². The zero-order valence-electron chi connectivity index (χ0n) is 5.01. The maximum Gasteiger partial charge on any atom is 0.255 e. The van der Waals surface area contributed by atoms with E-state index in [9.17, 15) is 9.90 Å². The highest BCUT2D eigenvalue weighted by Crippen LogP contribution is 1.99. The average molecular weight is 117 g/mol. The van der Waals surface area contributed by atoms with Crippen molar-refractivity contribution in [2.45, 2.75) is 19.6 Å². The van der Waals surface area contributed by atoms with Gasteiger partial charge in [-0.25, -0.2) is 0 Å². The summed E-state index contributed by atoms with van der Waals surface area (Å²) in [5, 5.41) is 10.5. The van der Waals surface area contributed by atoms with Crippen molar-refractivity contribution in [3.8, 4) is 0 Å². The first-order chi connectivity index (χ1) is 3.62. The van der Waals surface area contributed by atoms with Gasteiger partial charge >= 0.3 is 0 Å². The van der Waals surface area contributed by atoms with Gasteiger partial charge in [-0.1, -0.05) is 0 Å². The molecular weight excluding hydrogens is 108 g/mol. The molecule has 0 bridgehead atoms. The Morgan fingerprint density at radius 1 is 1.75 bits per heavy atom. The van der Waals surface area contributed by atoms with Gasteiger partial charge in [0.1, 0.15) is 0 Å². The van der Waals surface area contributed by atoms with Crippen LogP contribution in [0.4, 0.5) is 0 Å². The predicted octanol–water partition coefficient (Wildman–Crippen LogP) is 0.369. The minimum atomic E-state index is -1.84. The van der Waals surface area contributed by atoms with Crippen LogP contribution in [0.1, 0.15) is 13.8 Å². The Morgan fingerprint density at radius 3 is 2.38 bits per heavy atom. The zero-order valence-corrected chi connectivity index (χ0v) is 5.01. The van der Waals surface area contributed by atoms with E-state index in [-0.39, 0.29) is 12.9 Å². The van der Waals surface area contributed by atoms with E-state index < -0.39 is 5.79 Å². The lowest BCUT2D eigenvalue weighted by atomic mass is 10.4. The molecule has 3 heteroatoms. The predicted molar refractivity (Wildman–Crippen MR) is 26.8 cm³/mol. The van der Waals surface area contributed by atoms with Crippen molar-refractivity contribution in [1.29, 1.82) is 0 Å². The van der Waals surface area contributed by atoms with Gasteiger partial charge in [-0.15, -0.1) is 0 Å². The van der Waals surface area contributed by atoms with Gasteiger partial charge in [0, 0.05) is 6.61 Å². The molecule has 0 aromatic carbocycles. The fourth-order valence-electron chi connectivity index (χ4n) is 0.321. The zero-order chi connectivity index (χ0) is 6.62.